The van der Waals surface area contributed by atoms with Gasteiger partial charge in [0.1, 0.15) is 5.60 Å². The number of fused-ring (bicyclic) bond motifs is 2. The van der Waals surface area contributed by atoms with Gasteiger partial charge in [0.2, 0.25) is 0 Å². The van der Waals surface area contributed by atoms with Gasteiger partial charge in [-0.3, -0.25) is 14.4 Å². The van der Waals surface area contributed by atoms with Crippen molar-refractivity contribution in [2.24, 2.45) is 71.0 Å². The van der Waals surface area contributed by atoms with Crippen molar-refractivity contribution in [1.82, 2.24) is 0 Å². The average molecular weight is 647 g/mol. The standard InChI is InChI=1S/C16H26O2.C9H16.C8H16O2.C6H8O3/c1-4-10(2)15(17)18-16(3)13-6-11-5-12(8-13)9-14(16)7-11;1-6-7(2)9-4-3-8(6)5-9;1-6-4-5-8(9-3)10-7(6)2;1-3-4(2)6(8)9-5(3)7/h10-14H,4-9H2,1-3H3;6-9H,3-5H2,1-2H3;6-8H,4-5H2,1-3H3;3-4H,1-2H3. The fourth-order valence-corrected chi connectivity index (χ4v) is 9.58. The van der Waals surface area contributed by atoms with Gasteiger partial charge < -0.3 is 18.9 Å². The third kappa shape index (κ3) is 8.39. The van der Waals surface area contributed by atoms with Crippen LogP contribution in [-0.4, -0.2) is 43.0 Å². The van der Waals surface area contributed by atoms with Gasteiger partial charge in [-0.1, -0.05) is 48.5 Å². The van der Waals surface area contributed by atoms with Crippen molar-refractivity contribution in [3.63, 3.8) is 0 Å². The molecule has 6 bridgehead atoms. The van der Waals surface area contributed by atoms with Crippen LogP contribution in [0.25, 0.3) is 0 Å². The lowest BCUT2D eigenvalue weighted by Gasteiger charge is -2.59. The molecule has 264 valence electrons. The molecule has 0 aromatic heterocycles. The molecular formula is C39H66O7. The molecule has 2 saturated heterocycles. The first-order valence-electron chi connectivity index (χ1n) is 18.8. The predicted octanol–water partition coefficient (Wildman–Crippen LogP) is 8.61. The van der Waals surface area contributed by atoms with Crippen LogP contribution in [-0.2, 0) is 33.3 Å². The molecule has 0 radical (unpaired) electrons. The van der Waals surface area contributed by atoms with Gasteiger partial charge in [-0.2, -0.15) is 0 Å². The maximum atomic E-state index is 12.1. The van der Waals surface area contributed by atoms with Gasteiger partial charge in [-0.05, 0) is 138 Å². The van der Waals surface area contributed by atoms with Crippen LogP contribution in [0.3, 0.4) is 0 Å². The summed E-state index contributed by atoms with van der Waals surface area (Å²) >= 11 is 0. The zero-order chi connectivity index (χ0) is 33.9. The van der Waals surface area contributed by atoms with Crippen molar-refractivity contribution >= 4 is 17.9 Å². The molecule has 8 aliphatic rings. The van der Waals surface area contributed by atoms with Crippen molar-refractivity contribution in [2.45, 2.75) is 151 Å². The molecule has 7 nitrogen and oxygen atoms in total. The molecule has 6 saturated carbocycles. The molecule has 6 aliphatic carbocycles. The molecule has 7 heteroatoms. The fourth-order valence-electron chi connectivity index (χ4n) is 9.58. The summed E-state index contributed by atoms with van der Waals surface area (Å²) in [6, 6.07) is 0. The van der Waals surface area contributed by atoms with E-state index in [1.54, 1.807) is 27.4 Å². The van der Waals surface area contributed by atoms with E-state index in [9.17, 15) is 14.4 Å². The smallest absolute Gasteiger partial charge is 0.317 e. The summed E-state index contributed by atoms with van der Waals surface area (Å²) in [5, 5.41) is 0. The summed E-state index contributed by atoms with van der Waals surface area (Å²) in [7, 11) is 1.70. The lowest BCUT2D eigenvalue weighted by Crippen LogP contribution is -2.58. The van der Waals surface area contributed by atoms with E-state index in [-0.39, 0.29) is 35.6 Å². The normalized spacial score (nSPS) is 45.4. The number of ether oxygens (including phenoxy) is 4. The molecule has 8 fully saturated rings. The Morgan fingerprint density at radius 2 is 1.30 bits per heavy atom. The average Bonchev–Trinajstić information content (AvgIpc) is 3.69. The Hall–Kier alpha value is -1.47. The van der Waals surface area contributed by atoms with Crippen molar-refractivity contribution < 1.29 is 33.3 Å². The number of carbonyl (C=O) groups excluding carboxylic acids is 3. The number of carbonyl (C=O) groups is 3. The maximum absolute atomic E-state index is 12.1. The minimum Gasteiger partial charge on any atom is -0.459 e. The van der Waals surface area contributed by atoms with Crippen LogP contribution in [0.15, 0.2) is 0 Å². The third-order valence-corrected chi connectivity index (χ3v) is 13.9. The van der Waals surface area contributed by atoms with E-state index in [0.717, 1.165) is 48.3 Å². The minimum absolute atomic E-state index is 0.0347. The Morgan fingerprint density at radius 1 is 0.804 bits per heavy atom. The Balaban J connectivity index is 0.000000148. The largest absolute Gasteiger partial charge is 0.459 e. The van der Waals surface area contributed by atoms with Crippen LogP contribution in [0.5, 0.6) is 0 Å². The molecule has 0 aromatic carbocycles. The molecule has 46 heavy (non-hydrogen) atoms. The van der Waals surface area contributed by atoms with Gasteiger partial charge in [0.05, 0.1) is 23.9 Å². The zero-order valence-corrected chi connectivity index (χ0v) is 30.7. The van der Waals surface area contributed by atoms with Crippen molar-refractivity contribution in [1.29, 1.82) is 0 Å². The molecular weight excluding hydrogens is 580 g/mol. The molecule has 0 amide bonds. The van der Waals surface area contributed by atoms with Crippen LogP contribution in [0.1, 0.15) is 133 Å². The number of hydrogen-bond acceptors (Lipinski definition) is 7. The second-order valence-electron chi connectivity index (χ2n) is 16.6. The van der Waals surface area contributed by atoms with Crippen molar-refractivity contribution in [3.8, 4) is 0 Å². The van der Waals surface area contributed by atoms with Gasteiger partial charge in [0, 0.05) is 7.11 Å². The summed E-state index contributed by atoms with van der Waals surface area (Å²) in [4.78, 5) is 33.3. The highest BCUT2D eigenvalue weighted by Crippen LogP contribution is 2.59. The fraction of sp³-hybridized carbons (Fsp3) is 0.923. The Bertz CT molecular complexity index is 975. The first-order valence-corrected chi connectivity index (χ1v) is 18.8. The Morgan fingerprint density at radius 3 is 1.65 bits per heavy atom. The van der Waals surface area contributed by atoms with Gasteiger partial charge in [-0.25, -0.2) is 0 Å². The predicted molar refractivity (Wildman–Crippen MR) is 179 cm³/mol. The quantitative estimate of drug-likeness (QED) is 0.223. The van der Waals surface area contributed by atoms with E-state index in [1.165, 1.54) is 51.4 Å². The van der Waals surface area contributed by atoms with Crippen LogP contribution in [0.2, 0.25) is 0 Å². The second-order valence-corrected chi connectivity index (χ2v) is 16.6. The van der Waals surface area contributed by atoms with Gasteiger partial charge in [0.15, 0.2) is 6.29 Å². The summed E-state index contributed by atoms with van der Waals surface area (Å²) in [5.41, 5.74) is -0.145. The minimum atomic E-state index is -0.396. The molecule has 0 spiro atoms. The molecule has 10 atom stereocenters. The van der Waals surface area contributed by atoms with E-state index in [1.807, 2.05) is 6.92 Å². The number of hydrogen-bond donors (Lipinski definition) is 0. The molecule has 2 aliphatic heterocycles. The highest BCUT2D eigenvalue weighted by molar-refractivity contribution is 5.95. The van der Waals surface area contributed by atoms with Gasteiger partial charge in [-0.15, -0.1) is 0 Å². The van der Waals surface area contributed by atoms with E-state index in [2.05, 4.69) is 46.3 Å². The summed E-state index contributed by atoms with van der Waals surface area (Å²) in [5.74, 6) is 6.95. The van der Waals surface area contributed by atoms with E-state index < -0.39 is 11.9 Å². The number of cyclic esters (lactones) is 2. The van der Waals surface area contributed by atoms with Crippen molar-refractivity contribution in [3.05, 3.63) is 0 Å². The number of esters is 3. The zero-order valence-electron chi connectivity index (χ0n) is 30.7. The summed E-state index contributed by atoms with van der Waals surface area (Å²) in [6.07, 6.45) is 14.8. The van der Waals surface area contributed by atoms with Crippen LogP contribution < -0.4 is 0 Å². The van der Waals surface area contributed by atoms with Crippen LogP contribution >= 0.6 is 0 Å². The Labute approximate surface area is 280 Å². The second kappa shape index (κ2) is 15.8. The summed E-state index contributed by atoms with van der Waals surface area (Å²) < 4.78 is 20.9. The summed E-state index contributed by atoms with van der Waals surface area (Å²) in [6.45, 7) is 18.9. The molecule has 10 unspecified atom stereocenters. The molecule has 0 aromatic rings. The topological polar surface area (TPSA) is 88.1 Å². The lowest BCUT2D eigenvalue weighted by molar-refractivity contribution is -0.206. The monoisotopic (exact) mass is 646 g/mol. The Kier molecular flexibility index (Phi) is 12.9. The first kappa shape index (κ1) is 37.4. The number of methoxy groups -OCH3 is 1. The van der Waals surface area contributed by atoms with E-state index >= 15 is 0 Å². The molecule has 8 rings (SSSR count). The molecule has 2 heterocycles. The van der Waals surface area contributed by atoms with Crippen LogP contribution in [0, 0.1) is 71.0 Å². The van der Waals surface area contributed by atoms with E-state index in [4.69, 9.17) is 14.2 Å². The van der Waals surface area contributed by atoms with Gasteiger partial charge in [0.25, 0.3) is 0 Å². The lowest BCUT2D eigenvalue weighted by atomic mass is 9.50. The van der Waals surface area contributed by atoms with E-state index in [0.29, 0.717) is 23.9 Å². The maximum Gasteiger partial charge on any atom is 0.317 e. The highest BCUT2D eigenvalue weighted by atomic mass is 16.7. The van der Waals surface area contributed by atoms with Crippen molar-refractivity contribution in [2.75, 3.05) is 7.11 Å². The highest BCUT2D eigenvalue weighted by Gasteiger charge is 2.57. The first-order chi connectivity index (χ1) is 21.7. The third-order valence-electron chi connectivity index (χ3n) is 13.9. The van der Waals surface area contributed by atoms with Gasteiger partial charge >= 0.3 is 17.9 Å². The molecule has 0 N–H and O–H groups in total. The number of rotatable bonds is 4. The SMILES string of the molecule is CC1C(=O)OC(=O)C1C.CC1C2CCC(C2)C1C.CCC(C)C(=O)OC1(C)C2CC3CC(C2)CC1C3.COC1CCC(C)C(C)O1. The van der Waals surface area contributed by atoms with Crippen LogP contribution in [0.4, 0.5) is 0 Å².